The molecule has 0 aromatic carbocycles. The first kappa shape index (κ1) is 11.3. The van der Waals surface area contributed by atoms with Crippen LogP contribution in [-0.4, -0.2) is 41.6 Å². The molecule has 2 N–H and O–H groups in total. The van der Waals surface area contributed by atoms with Crippen LogP contribution in [0, 0.1) is 0 Å². The van der Waals surface area contributed by atoms with Crippen molar-refractivity contribution in [2.75, 3.05) is 6.54 Å². The predicted molar refractivity (Wildman–Crippen MR) is 66.9 cm³/mol. The molecule has 2 atom stereocenters. The number of amides is 2. The molecule has 3 aliphatic rings. The standard InChI is InChI=1S/C13H23N3O/c1-2-16(13(17)15-9-3-4-9)12-7-10-5-6-11(8-12)14-10/h9-12,14H,2-8H2,1H3,(H,15,17). The summed E-state index contributed by atoms with van der Waals surface area (Å²) in [6.45, 7) is 2.93. The molecule has 4 nitrogen and oxygen atoms in total. The summed E-state index contributed by atoms with van der Waals surface area (Å²) >= 11 is 0. The number of urea groups is 1. The molecular weight excluding hydrogens is 214 g/mol. The van der Waals surface area contributed by atoms with Gasteiger partial charge in [0.05, 0.1) is 0 Å². The molecule has 2 bridgehead atoms. The Bertz CT molecular complexity index is 291. The number of fused-ring (bicyclic) bond motifs is 2. The predicted octanol–water partition coefficient (Wildman–Crippen LogP) is 1.46. The second kappa shape index (κ2) is 4.48. The third kappa shape index (κ3) is 2.41. The molecule has 3 rings (SSSR count). The maximum absolute atomic E-state index is 12.2. The lowest BCUT2D eigenvalue weighted by atomic mass is 9.98. The van der Waals surface area contributed by atoms with Crippen LogP contribution >= 0.6 is 0 Å². The van der Waals surface area contributed by atoms with Crippen molar-refractivity contribution < 1.29 is 4.79 Å². The second-order valence-electron chi connectivity index (χ2n) is 5.77. The summed E-state index contributed by atoms with van der Waals surface area (Å²) in [6.07, 6.45) is 7.21. The van der Waals surface area contributed by atoms with Crippen molar-refractivity contribution in [2.24, 2.45) is 0 Å². The first-order valence-corrected chi connectivity index (χ1v) is 7.09. The van der Waals surface area contributed by atoms with Crippen LogP contribution < -0.4 is 10.6 Å². The third-order valence-corrected chi connectivity index (χ3v) is 4.40. The minimum absolute atomic E-state index is 0.168. The lowest BCUT2D eigenvalue weighted by Gasteiger charge is -2.37. The third-order valence-electron chi connectivity index (χ3n) is 4.40. The van der Waals surface area contributed by atoms with Gasteiger partial charge in [-0.1, -0.05) is 0 Å². The van der Waals surface area contributed by atoms with E-state index in [1.54, 1.807) is 0 Å². The highest BCUT2D eigenvalue weighted by Gasteiger charge is 2.37. The molecule has 2 unspecified atom stereocenters. The van der Waals surface area contributed by atoms with Gasteiger partial charge in [-0.05, 0) is 45.4 Å². The van der Waals surface area contributed by atoms with Crippen LogP contribution in [0.2, 0.25) is 0 Å². The van der Waals surface area contributed by atoms with E-state index in [0.29, 0.717) is 24.2 Å². The largest absolute Gasteiger partial charge is 0.335 e. The van der Waals surface area contributed by atoms with Crippen LogP contribution in [0.25, 0.3) is 0 Å². The van der Waals surface area contributed by atoms with Crippen molar-refractivity contribution in [1.82, 2.24) is 15.5 Å². The Morgan fingerprint density at radius 2 is 1.88 bits per heavy atom. The summed E-state index contributed by atoms with van der Waals surface area (Å²) < 4.78 is 0. The van der Waals surface area contributed by atoms with E-state index in [2.05, 4.69) is 22.5 Å². The van der Waals surface area contributed by atoms with E-state index in [1.807, 2.05) is 0 Å². The monoisotopic (exact) mass is 237 g/mol. The fourth-order valence-corrected chi connectivity index (χ4v) is 3.33. The summed E-state index contributed by atoms with van der Waals surface area (Å²) in [4.78, 5) is 14.2. The number of hydrogen-bond donors (Lipinski definition) is 2. The van der Waals surface area contributed by atoms with Gasteiger partial charge in [-0.3, -0.25) is 0 Å². The van der Waals surface area contributed by atoms with Crippen LogP contribution in [0.15, 0.2) is 0 Å². The Morgan fingerprint density at radius 3 is 2.41 bits per heavy atom. The Kier molecular flexibility index (Phi) is 2.99. The number of hydrogen-bond acceptors (Lipinski definition) is 2. The fraction of sp³-hybridized carbons (Fsp3) is 0.923. The molecule has 96 valence electrons. The fourth-order valence-electron chi connectivity index (χ4n) is 3.33. The SMILES string of the molecule is CCN(C(=O)NC1CC1)C1CC2CCC(C1)N2. The second-order valence-corrected chi connectivity index (χ2v) is 5.77. The topological polar surface area (TPSA) is 44.4 Å². The lowest BCUT2D eigenvalue weighted by Crippen LogP contribution is -2.53. The van der Waals surface area contributed by atoms with E-state index >= 15 is 0 Å². The molecule has 3 fully saturated rings. The molecule has 0 aromatic heterocycles. The van der Waals surface area contributed by atoms with Gasteiger partial charge < -0.3 is 15.5 Å². The highest BCUT2D eigenvalue weighted by molar-refractivity contribution is 5.75. The van der Waals surface area contributed by atoms with E-state index in [-0.39, 0.29) is 6.03 Å². The molecule has 1 saturated carbocycles. The van der Waals surface area contributed by atoms with Crippen LogP contribution in [-0.2, 0) is 0 Å². The van der Waals surface area contributed by atoms with Gasteiger partial charge in [-0.2, -0.15) is 0 Å². The van der Waals surface area contributed by atoms with E-state index in [0.717, 1.165) is 19.4 Å². The normalized spacial score (nSPS) is 35.7. The first-order chi connectivity index (χ1) is 8.26. The number of rotatable bonds is 3. The molecule has 17 heavy (non-hydrogen) atoms. The number of carbonyl (C=O) groups is 1. The Labute approximate surface area is 103 Å². The number of nitrogens with zero attached hydrogens (tertiary/aromatic N) is 1. The average molecular weight is 237 g/mol. The molecule has 2 aliphatic heterocycles. The Morgan fingerprint density at radius 1 is 1.24 bits per heavy atom. The van der Waals surface area contributed by atoms with Gasteiger partial charge in [-0.15, -0.1) is 0 Å². The number of nitrogens with one attached hydrogen (secondary N) is 2. The zero-order valence-corrected chi connectivity index (χ0v) is 10.6. The first-order valence-electron chi connectivity index (χ1n) is 7.09. The molecule has 0 spiro atoms. The van der Waals surface area contributed by atoms with Crippen LogP contribution in [0.4, 0.5) is 4.79 Å². The highest BCUT2D eigenvalue weighted by Crippen LogP contribution is 2.30. The van der Waals surface area contributed by atoms with Gasteiger partial charge in [-0.25, -0.2) is 4.79 Å². The Hall–Kier alpha value is -0.770. The van der Waals surface area contributed by atoms with Crippen molar-refractivity contribution >= 4 is 6.03 Å². The van der Waals surface area contributed by atoms with Crippen LogP contribution in [0.3, 0.4) is 0 Å². The van der Waals surface area contributed by atoms with Gasteiger partial charge in [0.1, 0.15) is 0 Å². The maximum Gasteiger partial charge on any atom is 0.317 e. The van der Waals surface area contributed by atoms with Crippen LogP contribution in [0.5, 0.6) is 0 Å². The summed E-state index contributed by atoms with van der Waals surface area (Å²) in [5, 5.41) is 6.75. The van der Waals surface area contributed by atoms with E-state index < -0.39 is 0 Å². The summed E-state index contributed by atoms with van der Waals surface area (Å²) in [5.41, 5.74) is 0. The van der Waals surface area contributed by atoms with Gasteiger partial charge >= 0.3 is 6.03 Å². The van der Waals surface area contributed by atoms with E-state index in [9.17, 15) is 4.79 Å². The zero-order valence-electron chi connectivity index (χ0n) is 10.6. The van der Waals surface area contributed by atoms with Gasteiger partial charge in [0, 0.05) is 30.7 Å². The molecular formula is C13H23N3O. The molecule has 2 heterocycles. The minimum atomic E-state index is 0.168. The smallest absolute Gasteiger partial charge is 0.317 e. The quantitative estimate of drug-likeness (QED) is 0.780. The van der Waals surface area contributed by atoms with Crippen molar-refractivity contribution in [3.05, 3.63) is 0 Å². The molecule has 0 radical (unpaired) electrons. The minimum Gasteiger partial charge on any atom is -0.335 e. The van der Waals surface area contributed by atoms with Gasteiger partial charge in [0.2, 0.25) is 0 Å². The average Bonchev–Trinajstić information content (AvgIpc) is 3.05. The number of carbonyl (C=O) groups excluding carboxylic acids is 1. The molecule has 1 aliphatic carbocycles. The lowest BCUT2D eigenvalue weighted by molar-refractivity contribution is 0.150. The van der Waals surface area contributed by atoms with Gasteiger partial charge in [0.25, 0.3) is 0 Å². The summed E-state index contributed by atoms with van der Waals surface area (Å²) in [6, 6.07) is 2.40. The van der Waals surface area contributed by atoms with Crippen LogP contribution in [0.1, 0.15) is 45.4 Å². The molecule has 4 heteroatoms. The highest BCUT2D eigenvalue weighted by atomic mass is 16.2. The van der Waals surface area contributed by atoms with E-state index in [1.165, 1.54) is 25.7 Å². The van der Waals surface area contributed by atoms with Crippen molar-refractivity contribution in [1.29, 1.82) is 0 Å². The van der Waals surface area contributed by atoms with Crippen molar-refractivity contribution in [3.8, 4) is 0 Å². The zero-order chi connectivity index (χ0) is 11.8. The van der Waals surface area contributed by atoms with Crippen molar-refractivity contribution in [2.45, 2.75) is 69.6 Å². The molecule has 0 aromatic rings. The summed E-state index contributed by atoms with van der Waals surface area (Å²) in [5.74, 6) is 0. The van der Waals surface area contributed by atoms with Crippen molar-refractivity contribution in [3.63, 3.8) is 0 Å². The molecule has 2 amide bonds. The van der Waals surface area contributed by atoms with E-state index in [4.69, 9.17) is 0 Å². The number of piperidine rings is 1. The molecule has 2 saturated heterocycles. The van der Waals surface area contributed by atoms with Gasteiger partial charge in [0.15, 0.2) is 0 Å². The Balaban J connectivity index is 1.61. The summed E-state index contributed by atoms with van der Waals surface area (Å²) in [7, 11) is 0. The maximum atomic E-state index is 12.2.